The second-order valence-electron chi connectivity index (χ2n) is 16.7. The zero-order chi connectivity index (χ0) is 43.0. The number of allylic oxidation sites excluding steroid dienone is 1. The van der Waals surface area contributed by atoms with Crippen LogP contribution >= 0.6 is 0 Å². The van der Waals surface area contributed by atoms with Crippen molar-refractivity contribution in [2.45, 2.75) is 120 Å². The van der Waals surface area contributed by atoms with Gasteiger partial charge in [-0.1, -0.05) is 26.0 Å². The molecule has 322 valence electrons. The molecule has 1 aromatic heterocycles. The Bertz CT molecular complexity index is 2200. The van der Waals surface area contributed by atoms with E-state index in [9.17, 15) is 54.7 Å². The summed E-state index contributed by atoms with van der Waals surface area (Å²) < 4.78 is 115. The molecule has 0 bridgehead atoms. The number of aromatic nitrogens is 1. The van der Waals surface area contributed by atoms with Crippen LogP contribution in [0.25, 0.3) is 10.8 Å². The van der Waals surface area contributed by atoms with Crippen molar-refractivity contribution in [1.29, 1.82) is 0 Å². The van der Waals surface area contributed by atoms with Crippen molar-refractivity contribution >= 4 is 44.6 Å². The van der Waals surface area contributed by atoms with Gasteiger partial charge in [0.25, 0.3) is 5.91 Å². The number of hydrogen-bond acceptors (Lipinski definition) is 10. The minimum absolute atomic E-state index is 0.00128. The largest absolute Gasteiger partial charge is 0.586 e. The van der Waals surface area contributed by atoms with Crippen LogP contribution < -0.4 is 24.2 Å². The Hall–Kier alpha value is -4.95. The Morgan fingerprint density at radius 2 is 1.78 bits per heavy atom. The third-order valence-corrected chi connectivity index (χ3v) is 13.7. The van der Waals surface area contributed by atoms with Gasteiger partial charge < -0.3 is 29.5 Å². The Morgan fingerprint density at radius 3 is 2.44 bits per heavy atom. The highest BCUT2D eigenvalue weighted by atomic mass is 32.2. The van der Waals surface area contributed by atoms with Crippen LogP contribution in [-0.4, -0.2) is 106 Å². The number of halogens is 5. The van der Waals surface area contributed by atoms with Crippen LogP contribution in [0.5, 0.6) is 17.4 Å². The summed E-state index contributed by atoms with van der Waals surface area (Å²) in [7, 11) is -4.07. The molecule has 0 unspecified atom stereocenters. The highest BCUT2D eigenvalue weighted by Crippen LogP contribution is 2.48. The van der Waals surface area contributed by atoms with Crippen LogP contribution in [0.3, 0.4) is 0 Å². The second-order valence-corrected chi connectivity index (χ2v) is 18.6. The van der Waals surface area contributed by atoms with Crippen LogP contribution in [-0.2, 0) is 24.4 Å². The molecule has 3 N–H and O–H groups in total. The Balaban J connectivity index is 1.29. The molecule has 1 saturated heterocycles. The maximum Gasteiger partial charge on any atom is 0.586 e. The summed E-state index contributed by atoms with van der Waals surface area (Å²) in [6.07, 6.45) is -6.27. The number of carbonyl (C=O) groups excluding carboxylic acids is 3. The molecule has 2 aromatic rings. The van der Waals surface area contributed by atoms with Gasteiger partial charge in [-0.05, 0) is 82.4 Å². The molecule has 2 aliphatic carbocycles. The molecule has 7 rings (SSSR count). The standard InChI is InChI=1S/C38H44F5N5O10S/c1-19-7-5-6-8-21-17-36(21,33(51)46-59(54,55)23-9-10-23)45-30(49)26-16-22(56-31-25-11-12-27-29(24(25)13-14-44-31)58-38(42,43)57-27)18-47(26)32(50)28(20(2)15-19)48(34(52)53)35(3,4)37(39,40)41/h6,8,11-14,19-23,26,28H,5,7,9-10,15-18H2,1-4H3,(H,45,49)(H,46,51)(H,52,53)/b8-6-/t19-,20+,21+,22+,26-,28-,36+/m0/s1. The minimum atomic E-state index is -5.15. The molecule has 3 aliphatic heterocycles. The average Bonchev–Trinajstić information content (AvgIpc) is 4.03. The van der Waals surface area contributed by atoms with E-state index in [2.05, 4.69) is 19.8 Å². The summed E-state index contributed by atoms with van der Waals surface area (Å²) in [5.41, 5.74) is -4.86. The number of carboxylic acid groups (broad SMARTS) is 1. The molecular weight excluding hydrogens is 814 g/mol. The van der Waals surface area contributed by atoms with Gasteiger partial charge in [-0.2, -0.15) is 13.2 Å². The predicted octanol–water partition coefficient (Wildman–Crippen LogP) is 5.09. The zero-order valence-corrected chi connectivity index (χ0v) is 33.2. The van der Waals surface area contributed by atoms with E-state index >= 15 is 0 Å². The van der Waals surface area contributed by atoms with Gasteiger partial charge in [-0.3, -0.25) is 24.0 Å². The van der Waals surface area contributed by atoms with Crippen LogP contribution in [0.1, 0.15) is 72.6 Å². The quantitative estimate of drug-likeness (QED) is 0.248. The van der Waals surface area contributed by atoms with Gasteiger partial charge >= 0.3 is 18.6 Å². The monoisotopic (exact) mass is 857 g/mol. The van der Waals surface area contributed by atoms with E-state index in [0.29, 0.717) is 39.5 Å². The third-order valence-electron chi connectivity index (χ3n) is 11.9. The molecule has 21 heteroatoms. The zero-order valence-electron chi connectivity index (χ0n) is 32.4. The van der Waals surface area contributed by atoms with Crippen LogP contribution in [0.4, 0.5) is 26.7 Å². The average molecular weight is 858 g/mol. The molecule has 4 heterocycles. The maximum atomic E-state index is 15.0. The van der Waals surface area contributed by atoms with Crippen LogP contribution in [0, 0.1) is 17.8 Å². The fourth-order valence-electron chi connectivity index (χ4n) is 8.37. The number of sulfonamides is 1. The van der Waals surface area contributed by atoms with E-state index in [0.717, 1.165) is 4.90 Å². The van der Waals surface area contributed by atoms with Crippen LogP contribution in [0.2, 0.25) is 0 Å². The van der Waals surface area contributed by atoms with E-state index in [1.165, 1.54) is 31.3 Å². The lowest BCUT2D eigenvalue weighted by Gasteiger charge is -2.45. The molecule has 2 saturated carbocycles. The lowest BCUT2D eigenvalue weighted by Crippen LogP contribution is -2.66. The van der Waals surface area contributed by atoms with Gasteiger partial charge in [0, 0.05) is 29.3 Å². The molecule has 7 atom stereocenters. The minimum Gasteiger partial charge on any atom is -0.472 e. The topological polar surface area (TPSA) is 194 Å². The summed E-state index contributed by atoms with van der Waals surface area (Å²) in [5.74, 6) is -5.73. The number of fused-ring (bicyclic) bond motifs is 5. The van der Waals surface area contributed by atoms with E-state index in [4.69, 9.17) is 9.47 Å². The molecule has 1 aromatic carbocycles. The summed E-state index contributed by atoms with van der Waals surface area (Å²) in [6, 6.07) is 0.375. The summed E-state index contributed by atoms with van der Waals surface area (Å²) in [6.45, 7) is 4.07. The fourth-order valence-corrected chi connectivity index (χ4v) is 9.73. The number of benzene rings is 1. The van der Waals surface area contributed by atoms with Crippen molar-refractivity contribution in [1.82, 2.24) is 24.8 Å². The number of carbonyl (C=O) groups is 4. The molecule has 3 fully saturated rings. The van der Waals surface area contributed by atoms with Crippen molar-refractivity contribution in [3.63, 3.8) is 0 Å². The highest BCUT2D eigenvalue weighted by Gasteiger charge is 2.63. The normalized spacial score (nSPS) is 30.3. The van der Waals surface area contributed by atoms with Gasteiger partial charge in [-0.15, -0.1) is 8.78 Å². The number of nitrogens with zero attached hydrogens (tertiary/aromatic N) is 3. The summed E-state index contributed by atoms with van der Waals surface area (Å²) in [5, 5.41) is 12.6. The Kier molecular flexibility index (Phi) is 10.5. The molecule has 4 amide bonds. The maximum absolute atomic E-state index is 15.0. The second kappa shape index (κ2) is 14.6. The summed E-state index contributed by atoms with van der Waals surface area (Å²) >= 11 is 0. The van der Waals surface area contributed by atoms with Gasteiger partial charge in [0.05, 0.1) is 11.8 Å². The van der Waals surface area contributed by atoms with Crippen molar-refractivity contribution in [3.8, 4) is 17.4 Å². The lowest BCUT2D eigenvalue weighted by atomic mass is 9.85. The molecule has 5 aliphatic rings. The third kappa shape index (κ3) is 7.93. The van der Waals surface area contributed by atoms with Crippen molar-refractivity contribution < 1.29 is 68.9 Å². The first kappa shape index (κ1) is 42.2. The van der Waals surface area contributed by atoms with Gasteiger partial charge in [0.15, 0.2) is 11.5 Å². The van der Waals surface area contributed by atoms with Gasteiger partial charge in [-0.25, -0.2) is 18.2 Å². The molecule has 15 nitrogen and oxygen atoms in total. The van der Waals surface area contributed by atoms with Crippen molar-refractivity contribution in [3.05, 3.63) is 36.5 Å². The number of rotatable bonds is 7. The van der Waals surface area contributed by atoms with Crippen LogP contribution in [0.15, 0.2) is 36.5 Å². The Morgan fingerprint density at radius 1 is 1.07 bits per heavy atom. The van der Waals surface area contributed by atoms with E-state index in [1.807, 2.05) is 0 Å². The summed E-state index contributed by atoms with van der Waals surface area (Å²) in [4.78, 5) is 61.3. The molecule has 0 radical (unpaired) electrons. The SMILES string of the molecule is C[C@H]1CC/C=C\[C@@H]2C[C@@]2(C(=O)NS(=O)(=O)C2CC2)NC(=O)[C@@H]2C[C@@H](Oc3nccc4c5c(ccc34)OC(F)(F)O5)CN2C(=O)[C@@H](N(C(=O)O)C(C)(C)C(F)(F)F)[C@H](C)C1. The first-order chi connectivity index (χ1) is 27.5. The number of nitrogens with one attached hydrogen (secondary N) is 2. The molecule has 59 heavy (non-hydrogen) atoms. The van der Waals surface area contributed by atoms with Crippen molar-refractivity contribution in [2.24, 2.45) is 17.8 Å². The van der Waals surface area contributed by atoms with E-state index in [-0.39, 0.29) is 58.2 Å². The number of ether oxygens (including phenoxy) is 3. The van der Waals surface area contributed by atoms with Gasteiger partial charge in [0.2, 0.25) is 27.7 Å². The number of pyridine rings is 1. The highest BCUT2D eigenvalue weighted by molar-refractivity contribution is 7.91. The fraction of sp³-hybridized carbons (Fsp3) is 0.605. The van der Waals surface area contributed by atoms with E-state index < -0.39 is 99.2 Å². The number of amides is 4. The number of alkyl halides is 5. The molecule has 0 spiro atoms. The predicted molar refractivity (Wildman–Crippen MR) is 197 cm³/mol. The lowest BCUT2D eigenvalue weighted by molar-refractivity contribution is -0.286. The number of hydrogen-bond donors (Lipinski definition) is 3. The Labute approximate surface area is 335 Å². The molecular formula is C38H44F5N5O10S. The first-order valence-electron chi connectivity index (χ1n) is 19.2. The van der Waals surface area contributed by atoms with Gasteiger partial charge in [0.1, 0.15) is 29.3 Å². The van der Waals surface area contributed by atoms with Crippen molar-refractivity contribution in [2.75, 3.05) is 6.54 Å². The first-order valence-corrected chi connectivity index (χ1v) is 20.8. The smallest absolute Gasteiger partial charge is 0.472 e. The van der Waals surface area contributed by atoms with E-state index in [1.54, 1.807) is 19.1 Å².